The molecule has 0 saturated carbocycles. The third kappa shape index (κ3) is 4.85. The molecule has 0 aliphatic rings. The molecule has 0 fully saturated rings. The molecule has 0 saturated heterocycles. The first-order valence-electron chi connectivity index (χ1n) is 8.65. The third-order valence-corrected chi connectivity index (χ3v) is 3.66. The molecule has 6 nitrogen and oxygen atoms in total. The second-order valence-corrected chi connectivity index (χ2v) is 5.58. The summed E-state index contributed by atoms with van der Waals surface area (Å²) in [6, 6.07) is 13.1. The topological polar surface area (TPSA) is 85.6 Å². The molecule has 27 heavy (non-hydrogen) atoms. The highest BCUT2D eigenvalue weighted by Gasteiger charge is 2.21. The van der Waals surface area contributed by atoms with Gasteiger partial charge in [-0.15, -0.1) is 0 Å². The number of ketones is 1. The Bertz CT molecular complexity index is 869. The van der Waals surface area contributed by atoms with E-state index < -0.39 is 12.1 Å². The third-order valence-electron chi connectivity index (χ3n) is 3.66. The molecule has 0 spiro atoms. The summed E-state index contributed by atoms with van der Waals surface area (Å²) in [4.78, 5) is 25.3. The van der Waals surface area contributed by atoms with Crippen LogP contribution < -0.4 is 9.47 Å². The van der Waals surface area contributed by atoms with Crippen molar-refractivity contribution in [2.24, 2.45) is 0 Å². The van der Waals surface area contributed by atoms with E-state index in [-0.39, 0.29) is 16.9 Å². The maximum absolute atomic E-state index is 13.0. The van der Waals surface area contributed by atoms with Crippen molar-refractivity contribution in [3.63, 3.8) is 0 Å². The number of esters is 1. The lowest BCUT2D eigenvalue weighted by Gasteiger charge is -2.13. The predicted octanol–water partition coefficient (Wildman–Crippen LogP) is 3.78. The number of nitriles is 1. The first kappa shape index (κ1) is 20.0. The van der Waals surface area contributed by atoms with Crippen LogP contribution in [0.4, 0.5) is 0 Å². The monoisotopic (exact) mass is 367 g/mol. The van der Waals surface area contributed by atoms with Gasteiger partial charge in [-0.3, -0.25) is 4.79 Å². The summed E-state index contributed by atoms with van der Waals surface area (Å²) in [6.45, 7) is 6.06. The van der Waals surface area contributed by atoms with Gasteiger partial charge in [0.2, 0.25) is 0 Å². The second kappa shape index (κ2) is 9.39. The van der Waals surface area contributed by atoms with E-state index in [1.54, 1.807) is 36.4 Å². The Hall–Kier alpha value is -3.33. The van der Waals surface area contributed by atoms with Crippen molar-refractivity contribution < 1.29 is 23.8 Å². The van der Waals surface area contributed by atoms with Crippen LogP contribution in [-0.4, -0.2) is 31.1 Å². The Balaban J connectivity index is 2.39. The van der Waals surface area contributed by atoms with E-state index in [1.807, 2.05) is 19.9 Å². The Morgan fingerprint density at radius 3 is 2.26 bits per heavy atom. The molecule has 6 heteroatoms. The SMILES string of the molecule is CCOc1ccc(C(=O)c2ccccc2C(=O)O[C@@H](C)C#N)cc1OCC. The largest absolute Gasteiger partial charge is 0.490 e. The normalized spacial score (nSPS) is 11.2. The van der Waals surface area contributed by atoms with Gasteiger partial charge >= 0.3 is 5.97 Å². The molecule has 1 atom stereocenters. The Kier molecular flexibility index (Phi) is 6.95. The molecule has 2 aromatic rings. The number of hydrogen-bond donors (Lipinski definition) is 0. The zero-order chi connectivity index (χ0) is 19.8. The molecule has 0 radical (unpaired) electrons. The summed E-state index contributed by atoms with van der Waals surface area (Å²) in [6.07, 6.45) is -0.907. The molecule has 140 valence electrons. The molecule has 0 unspecified atom stereocenters. The fourth-order valence-electron chi connectivity index (χ4n) is 2.46. The highest BCUT2D eigenvalue weighted by molar-refractivity contribution is 6.14. The smallest absolute Gasteiger partial charge is 0.340 e. The highest BCUT2D eigenvalue weighted by Crippen LogP contribution is 2.30. The van der Waals surface area contributed by atoms with Crippen molar-refractivity contribution in [3.8, 4) is 17.6 Å². The molecular weight excluding hydrogens is 346 g/mol. The van der Waals surface area contributed by atoms with Gasteiger partial charge in [-0.2, -0.15) is 5.26 Å². The highest BCUT2D eigenvalue weighted by atomic mass is 16.5. The van der Waals surface area contributed by atoms with E-state index in [4.69, 9.17) is 19.5 Å². The Morgan fingerprint density at radius 1 is 1.00 bits per heavy atom. The zero-order valence-corrected chi connectivity index (χ0v) is 15.5. The lowest BCUT2D eigenvalue weighted by atomic mass is 9.98. The lowest BCUT2D eigenvalue weighted by Crippen LogP contribution is -2.17. The van der Waals surface area contributed by atoms with E-state index in [2.05, 4.69) is 0 Å². The van der Waals surface area contributed by atoms with E-state index in [9.17, 15) is 9.59 Å². The van der Waals surface area contributed by atoms with Gasteiger partial charge in [0.1, 0.15) is 6.07 Å². The minimum absolute atomic E-state index is 0.108. The minimum atomic E-state index is -0.907. The average molecular weight is 367 g/mol. The molecule has 0 aromatic heterocycles. The van der Waals surface area contributed by atoms with Crippen LogP contribution in [0.2, 0.25) is 0 Å². The van der Waals surface area contributed by atoms with Crippen LogP contribution in [0.3, 0.4) is 0 Å². The van der Waals surface area contributed by atoms with Crippen LogP contribution in [0.25, 0.3) is 0 Å². The van der Waals surface area contributed by atoms with Crippen LogP contribution in [0, 0.1) is 11.3 Å². The van der Waals surface area contributed by atoms with E-state index in [0.29, 0.717) is 30.3 Å². The fourth-order valence-corrected chi connectivity index (χ4v) is 2.46. The minimum Gasteiger partial charge on any atom is -0.490 e. The maximum Gasteiger partial charge on any atom is 0.340 e. The first-order chi connectivity index (χ1) is 13.0. The van der Waals surface area contributed by atoms with Crippen molar-refractivity contribution in [2.45, 2.75) is 26.9 Å². The number of ether oxygens (including phenoxy) is 3. The molecule has 2 rings (SSSR count). The van der Waals surface area contributed by atoms with E-state index in [1.165, 1.54) is 13.0 Å². The molecule has 0 aliphatic heterocycles. The van der Waals surface area contributed by atoms with Gasteiger partial charge in [0.25, 0.3) is 0 Å². The van der Waals surface area contributed by atoms with Crippen LogP contribution in [-0.2, 0) is 4.74 Å². The number of rotatable bonds is 8. The second-order valence-electron chi connectivity index (χ2n) is 5.58. The van der Waals surface area contributed by atoms with Crippen molar-refractivity contribution in [2.75, 3.05) is 13.2 Å². The van der Waals surface area contributed by atoms with Gasteiger partial charge < -0.3 is 14.2 Å². The maximum atomic E-state index is 13.0. The molecular formula is C21H21NO5. The van der Waals surface area contributed by atoms with E-state index in [0.717, 1.165) is 0 Å². The standard InChI is InChI=1S/C21H21NO5/c1-4-25-18-11-10-15(12-19(18)26-5-2)20(23)16-8-6-7-9-17(16)21(24)27-14(3)13-22/h6-12,14H,4-5H2,1-3H3/t14-/m0/s1. The van der Waals surface area contributed by atoms with Gasteiger partial charge in [-0.25, -0.2) is 4.79 Å². The van der Waals surface area contributed by atoms with Crippen molar-refractivity contribution in [3.05, 3.63) is 59.2 Å². The van der Waals surface area contributed by atoms with Crippen LogP contribution in [0.1, 0.15) is 47.1 Å². The van der Waals surface area contributed by atoms with Crippen LogP contribution in [0.5, 0.6) is 11.5 Å². The first-order valence-corrected chi connectivity index (χ1v) is 8.65. The summed E-state index contributed by atoms with van der Waals surface area (Å²) >= 11 is 0. The van der Waals surface area contributed by atoms with Gasteiger partial charge in [0.05, 0.1) is 18.8 Å². The van der Waals surface area contributed by atoms with Crippen LogP contribution in [0.15, 0.2) is 42.5 Å². The van der Waals surface area contributed by atoms with Gasteiger partial charge in [0.15, 0.2) is 23.4 Å². The summed E-state index contributed by atoms with van der Waals surface area (Å²) in [5.41, 5.74) is 0.658. The van der Waals surface area contributed by atoms with Crippen molar-refractivity contribution in [1.29, 1.82) is 5.26 Å². The summed E-state index contributed by atoms with van der Waals surface area (Å²) < 4.78 is 16.1. The number of benzene rings is 2. The number of carbonyl (C=O) groups excluding carboxylic acids is 2. The van der Waals surface area contributed by atoms with Crippen molar-refractivity contribution >= 4 is 11.8 Å². The number of hydrogen-bond acceptors (Lipinski definition) is 6. The fraction of sp³-hybridized carbons (Fsp3) is 0.286. The molecule has 0 N–H and O–H groups in total. The van der Waals surface area contributed by atoms with Gasteiger partial charge in [-0.05, 0) is 45.0 Å². The Labute approximate surface area is 158 Å². The molecule has 0 amide bonds. The lowest BCUT2D eigenvalue weighted by molar-refractivity contribution is 0.0433. The molecule has 0 aliphatic carbocycles. The van der Waals surface area contributed by atoms with Crippen molar-refractivity contribution in [1.82, 2.24) is 0 Å². The average Bonchev–Trinajstić information content (AvgIpc) is 2.69. The zero-order valence-electron chi connectivity index (χ0n) is 15.5. The van der Waals surface area contributed by atoms with Gasteiger partial charge in [0, 0.05) is 11.1 Å². The number of nitrogens with zero attached hydrogens (tertiary/aromatic N) is 1. The molecule has 0 bridgehead atoms. The van der Waals surface area contributed by atoms with Crippen LogP contribution >= 0.6 is 0 Å². The number of carbonyl (C=O) groups is 2. The Morgan fingerprint density at radius 2 is 1.63 bits per heavy atom. The van der Waals surface area contributed by atoms with Gasteiger partial charge in [-0.1, -0.05) is 18.2 Å². The molecule has 0 heterocycles. The molecule has 2 aromatic carbocycles. The predicted molar refractivity (Wildman–Crippen MR) is 99.1 cm³/mol. The summed E-state index contributed by atoms with van der Waals surface area (Å²) in [5.74, 6) is -0.0602. The quantitative estimate of drug-likeness (QED) is 0.521. The van der Waals surface area contributed by atoms with E-state index >= 15 is 0 Å². The summed E-state index contributed by atoms with van der Waals surface area (Å²) in [5, 5.41) is 8.82. The summed E-state index contributed by atoms with van der Waals surface area (Å²) in [7, 11) is 0.